The van der Waals surface area contributed by atoms with Crippen molar-refractivity contribution in [2.75, 3.05) is 12.3 Å². The van der Waals surface area contributed by atoms with Gasteiger partial charge in [-0.05, 0) is 53.3 Å². The lowest BCUT2D eigenvalue weighted by Crippen LogP contribution is -2.17. The molecule has 0 aromatic heterocycles. The van der Waals surface area contributed by atoms with Crippen LogP contribution in [0.15, 0.2) is 54.6 Å². The molecular weight excluding hydrogens is 366 g/mol. The number of nitrogens with two attached hydrogens (primary N) is 1. The number of esters is 1. The molecule has 146 valence electrons. The van der Waals surface area contributed by atoms with Crippen LogP contribution < -0.4 is 5.73 Å². The number of fused-ring (bicyclic) bond motifs is 3. The molecular formula is C24H21NO4. The fourth-order valence-electron chi connectivity index (χ4n) is 4.16. The van der Waals surface area contributed by atoms with Gasteiger partial charge in [0.2, 0.25) is 0 Å². The number of aryl methyl sites for hydroxylation is 1. The minimum absolute atomic E-state index is 0.00445. The first-order valence-corrected chi connectivity index (χ1v) is 9.38. The lowest BCUT2D eigenvalue weighted by molar-refractivity contribution is 0.0491. The van der Waals surface area contributed by atoms with Crippen molar-refractivity contribution in [3.8, 4) is 11.1 Å². The lowest BCUT2D eigenvalue weighted by Gasteiger charge is -2.17. The van der Waals surface area contributed by atoms with Crippen LogP contribution in [0, 0.1) is 13.8 Å². The van der Waals surface area contributed by atoms with Gasteiger partial charge in [0.05, 0.1) is 11.1 Å². The molecule has 0 saturated carbocycles. The summed E-state index contributed by atoms with van der Waals surface area (Å²) >= 11 is 0. The third-order valence-corrected chi connectivity index (χ3v) is 5.60. The summed E-state index contributed by atoms with van der Waals surface area (Å²) in [6.07, 6.45) is 0. The van der Waals surface area contributed by atoms with E-state index in [-0.39, 0.29) is 23.8 Å². The standard InChI is InChI=1S/C24H21NO4/c1-13-11-19(23(26)27)22(25)14(2)21(13)24(28)29-12-20-17-9-5-3-7-15(17)16-8-4-6-10-18(16)20/h3-11,20H,12,25H2,1-2H3,(H,26,27). The van der Waals surface area contributed by atoms with E-state index in [9.17, 15) is 14.7 Å². The van der Waals surface area contributed by atoms with Gasteiger partial charge in [0, 0.05) is 11.6 Å². The highest BCUT2D eigenvalue weighted by atomic mass is 16.5. The van der Waals surface area contributed by atoms with Gasteiger partial charge in [-0.3, -0.25) is 0 Å². The number of carboxylic acids is 1. The first-order valence-electron chi connectivity index (χ1n) is 9.38. The zero-order valence-corrected chi connectivity index (χ0v) is 16.2. The quantitative estimate of drug-likeness (QED) is 0.506. The molecule has 0 unspecified atom stereocenters. The smallest absolute Gasteiger partial charge is 0.338 e. The number of ether oxygens (including phenoxy) is 1. The number of rotatable bonds is 4. The number of hydrogen-bond donors (Lipinski definition) is 2. The summed E-state index contributed by atoms with van der Waals surface area (Å²) in [6, 6.07) is 17.7. The molecule has 5 nitrogen and oxygen atoms in total. The molecule has 0 spiro atoms. The molecule has 5 heteroatoms. The Hall–Kier alpha value is -3.60. The number of hydrogen-bond acceptors (Lipinski definition) is 4. The van der Waals surface area contributed by atoms with E-state index in [1.807, 2.05) is 24.3 Å². The minimum atomic E-state index is -1.12. The van der Waals surface area contributed by atoms with Gasteiger partial charge >= 0.3 is 11.9 Å². The van der Waals surface area contributed by atoms with E-state index in [0.717, 1.165) is 22.3 Å². The van der Waals surface area contributed by atoms with Gasteiger partial charge in [0.1, 0.15) is 6.61 Å². The van der Waals surface area contributed by atoms with Crippen LogP contribution >= 0.6 is 0 Å². The summed E-state index contributed by atoms with van der Waals surface area (Å²) < 4.78 is 5.70. The number of benzene rings is 3. The Morgan fingerprint density at radius 2 is 1.55 bits per heavy atom. The van der Waals surface area contributed by atoms with E-state index in [1.165, 1.54) is 6.07 Å². The molecule has 3 aromatic carbocycles. The average molecular weight is 387 g/mol. The molecule has 0 heterocycles. The monoisotopic (exact) mass is 387 g/mol. The highest BCUT2D eigenvalue weighted by molar-refractivity contribution is 6.00. The first-order chi connectivity index (χ1) is 13.9. The van der Waals surface area contributed by atoms with Crippen molar-refractivity contribution in [2.45, 2.75) is 19.8 Å². The fourth-order valence-corrected chi connectivity index (χ4v) is 4.16. The van der Waals surface area contributed by atoms with Gasteiger partial charge in [0.15, 0.2) is 0 Å². The van der Waals surface area contributed by atoms with Gasteiger partial charge in [-0.15, -0.1) is 0 Å². The number of anilines is 1. The van der Waals surface area contributed by atoms with E-state index in [2.05, 4.69) is 24.3 Å². The van der Waals surface area contributed by atoms with Crippen molar-refractivity contribution in [3.63, 3.8) is 0 Å². The molecule has 0 bridgehead atoms. The van der Waals surface area contributed by atoms with Crippen molar-refractivity contribution in [3.05, 3.63) is 88.0 Å². The van der Waals surface area contributed by atoms with E-state index >= 15 is 0 Å². The van der Waals surface area contributed by atoms with Crippen molar-refractivity contribution in [1.82, 2.24) is 0 Å². The molecule has 0 amide bonds. The molecule has 3 aromatic rings. The van der Waals surface area contributed by atoms with Gasteiger partial charge in [-0.25, -0.2) is 9.59 Å². The van der Waals surface area contributed by atoms with Crippen LogP contribution in [0.5, 0.6) is 0 Å². The topological polar surface area (TPSA) is 89.6 Å². The summed E-state index contributed by atoms with van der Waals surface area (Å²) in [7, 11) is 0. The largest absolute Gasteiger partial charge is 0.478 e. The van der Waals surface area contributed by atoms with E-state index in [1.54, 1.807) is 13.8 Å². The summed E-state index contributed by atoms with van der Waals surface area (Å²) in [4.78, 5) is 24.2. The van der Waals surface area contributed by atoms with Crippen LogP contribution in [0.25, 0.3) is 11.1 Å². The van der Waals surface area contributed by atoms with Crippen LogP contribution in [-0.4, -0.2) is 23.7 Å². The molecule has 1 aliphatic rings. The van der Waals surface area contributed by atoms with Crippen molar-refractivity contribution < 1.29 is 19.4 Å². The second-order valence-corrected chi connectivity index (χ2v) is 7.29. The molecule has 0 saturated heterocycles. The normalized spacial score (nSPS) is 12.3. The first kappa shape index (κ1) is 18.7. The molecule has 4 rings (SSSR count). The summed E-state index contributed by atoms with van der Waals surface area (Å²) in [5.41, 5.74) is 11.9. The number of aromatic carboxylic acids is 1. The molecule has 0 atom stereocenters. The van der Waals surface area contributed by atoms with Crippen molar-refractivity contribution in [2.24, 2.45) is 0 Å². The van der Waals surface area contributed by atoms with Gasteiger partial charge in [-0.2, -0.15) is 0 Å². The Balaban J connectivity index is 1.63. The fraction of sp³-hybridized carbons (Fsp3) is 0.167. The Morgan fingerprint density at radius 1 is 1.00 bits per heavy atom. The van der Waals surface area contributed by atoms with Gasteiger partial charge < -0.3 is 15.6 Å². The highest BCUT2D eigenvalue weighted by Crippen LogP contribution is 2.44. The average Bonchev–Trinajstić information content (AvgIpc) is 3.03. The predicted molar refractivity (Wildman–Crippen MR) is 111 cm³/mol. The number of nitrogen functional groups attached to an aromatic ring is 1. The van der Waals surface area contributed by atoms with E-state index in [0.29, 0.717) is 16.7 Å². The zero-order chi connectivity index (χ0) is 20.7. The molecule has 0 fully saturated rings. The Bertz CT molecular complexity index is 1100. The van der Waals surface area contributed by atoms with Crippen LogP contribution in [0.2, 0.25) is 0 Å². The molecule has 0 radical (unpaired) electrons. The third-order valence-electron chi connectivity index (χ3n) is 5.60. The summed E-state index contributed by atoms with van der Waals surface area (Å²) in [5.74, 6) is -1.65. The van der Waals surface area contributed by atoms with Crippen LogP contribution in [-0.2, 0) is 4.74 Å². The predicted octanol–water partition coefficient (Wildman–Crippen LogP) is 4.55. The number of carboxylic acid groups (broad SMARTS) is 1. The van der Waals surface area contributed by atoms with Gasteiger partial charge in [0.25, 0.3) is 0 Å². The minimum Gasteiger partial charge on any atom is -0.478 e. The zero-order valence-electron chi connectivity index (χ0n) is 16.2. The van der Waals surface area contributed by atoms with Crippen LogP contribution in [0.4, 0.5) is 5.69 Å². The van der Waals surface area contributed by atoms with Crippen molar-refractivity contribution >= 4 is 17.6 Å². The molecule has 1 aliphatic carbocycles. The van der Waals surface area contributed by atoms with Crippen LogP contribution in [0.1, 0.15) is 48.9 Å². The Kier molecular flexibility index (Phi) is 4.59. The van der Waals surface area contributed by atoms with E-state index in [4.69, 9.17) is 10.5 Å². The summed E-state index contributed by atoms with van der Waals surface area (Å²) in [6.45, 7) is 3.54. The SMILES string of the molecule is Cc1cc(C(=O)O)c(N)c(C)c1C(=O)OCC1c2ccccc2-c2ccccc21. The second-order valence-electron chi connectivity index (χ2n) is 7.29. The Labute approximate surface area is 168 Å². The Morgan fingerprint density at radius 3 is 2.10 bits per heavy atom. The molecule has 0 aliphatic heterocycles. The lowest BCUT2D eigenvalue weighted by atomic mass is 9.96. The third kappa shape index (κ3) is 3.05. The maximum atomic E-state index is 12.9. The highest BCUT2D eigenvalue weighted by Gasteiger charge is 2.30. The second kappa shape index (κ2) is 7.09. The summed E-state index contributed by atoms with van der Waals surface area (Å²) in [5, 5.41) is 9.28. The van der Waals surface area contributed by atoms with Crippen molar-refractivity contribution in [1.29, 1.82) is 0 Å². The maximum Gasteiger partial charge on any atom is 0.338 e. The number of carbonyl (C=O) groups is 2. The van der Waals surface area contributed by atoms with E-state index < -0.39 is 11.9 Å². The van der Waals surface area contributed by atoms with Crippen LogP contribution in [0.3, 0.4) is 0 Å². The number of carbonyl (C=O) groups excluding carboxylic acids is 1. The van der Waals surface area contributed by atoms with Gasteiger partial charge in [-0.1, -0.05) is 48.5 Å². The maximum absolute atomic E-state index is 12.9. The molecule has 29 heavy (non-hydrogen) atoms. The molecule has 3 N–H and O–H groups in total.